The Hall–Kier alpha value is -1.65. The number of benzene rings is 1. The Labute approximate surface area is 125 Å². The molecule has 4 nitrogen and oxygen atoms in total. The molecule has 1 aliphatic rings. The second kappa shape index (κ2) is 6.87. The molecule has 2 aromatic rings. The van der Waals surface area contributed by atoms with Crippen LogP contribution in [0.2, 0.25) is 0 Å². The second-order valence-electron chi connectivity index (χ2n) is 5.90. The molecular weight excluding hydrogens is 262 g/mol. The van der Waals surface area contributed by atoms with Crippen LogP contribution in [0, 0.1) is 5.92 Å². The van der Waals surface area contributed by atoms with E-state index >= 15 is 0 Å². The molecule has 1 aromatic heterocycles. The fourth-order valence-corrected chi connectivity index (χ4v) is 3.03. The minimum atomic E-state index is -0.0946. The summed E-state index contributed by atoms with van der Waals surface area (Å²) in [6.45, 7) is 1.75. The molecular formula is C17H23N3O. The molecule has 2 atom stereocenters. The van der Waals surface area contributed by atoms with Crippen molar-refractivity contribution in [1.29, 1.82) is 0 Å². The average Bonchev–Trinajstić information content (AvgIpc) is 2.97. The third kappa shape index (κ3) is 3.93. The lowest BCUT2D eigenvalue weighted by molar-refractivity contribution is 0.101. The minimum absolute atomic E-state index is 0.0946. The van der Waals surface area contributed by atoms with Crippen LogP contribution in [-0.4, -0.2) is 27.5 Å². The molecule has 0 aliphatic heterocycles. The van der Waals surface area contributed by atoms with E-state index in [1.54, 1.807) is 0 Å². The Bertz CT molecular complexity index is 552. The van der Waals surface area contributed by atoms with Crippen molar-refractivity contribution >= 4 is 0 Å². The lowest BCUT2D eigenvalue weighted by Gasteiger charge is -2.25. The summed E-state index contributed by atoms with van der Waals surface area (Å²) in [4.78, 5) is 0. The number of aromatic nitrogens is 2. The van der Waals surface area contributed by atoms with Gasteiger partial charge in [0.1, 0.15) is 0 Å². The highest BCUT2D eigenvalue weighted by atomic mass is 16.3. The van der Waals surface area contributed by atoms with Crippen molar-refractivity contribution in [2.45, 2.75) is 38.3 Å². The Morgan fingerprint density at radius 2 is 2.05 bits per heavy atom. The monoisotopic (exact) mass is 285 g/mol. The SMILES string of the molecule is OC1CCCC(CNCc2ccn(-c3ccccc3)n2)C1. The third-order valence-corrected chi connectivity index (χ3v) is 4.16. The number of rotatable bonds is 5. The average molecular weight is 285 g/mol. The maximum absolute atomic E-state index is 9.68. The van der Waals surface area contributed by atoms with Gasteiger partial charge in [-0.05, 0) is 49.9 Å². The molecule has 0 amide bonds. The van der Waals surface area contributed by atoms with Gasteiger partial charge in [0.15, 0.2) is 0 Å². The minimum Gasteiger partial charge on any atom is -0.393 e. The molecule has 0 spiro atoms. The van der Waals surface area contributed by atoms with Crippen molar-refractivity contribution < 1.29 is 5.11 Å². The number of nitrogens with one attached hydrogen (secondary N) is 1. The van der Waals surface area contributed by atoms with E-state index in [1.807, 2.05) is 41.2 Å². The molecule has 112 valence electrons. The first kappa shape index (κ1) is 14.3. The van der Waals surface area contributed by atoms with Crippen molar-refractivity contribution in [2.24, 2.45) is 5.92 Å². The van der Waals surface area contributed by atoms with Crippen molar-refractivity contribution in [1.82, 2.24) is 15.1 Å². The van der Waals surface area contributed by atoms with Crippen molar-refractivity contribution in [2.75, 3.05) is 6.54 Å². The van der Waals surface area contributed by atoms with Crippen LogP contribution < -0.4 is 5.32 Å². The standard InChI is InChI=1S/C17H23N3O/c21-17-8-4-5-14(11-17)12-18-13-15-9-10-20(19-15)16-6-2-1-3-7-16/h1-3,6-7,9-10,14,17-18,21H,4-5,8,11-13H2. The van der Waals surface area contributed by atoms with Gasteiger partial charge < -0.3 is 10.4 Å². The molecule has 0 saturated heterocycles. The fourth-order valence-electron chi connectivity index (χ4n) is 3.03. The van der Waals surface area contributed by atoms with E-state index in [1.165, 1.54) is 6.42 Å². The number of nitrogens with zero attached hydrogens (tertiary/aromatic N) is 2. The Balaban J connectivity index is 1.49. The van der Waals surface area contributed by atoms with E-state index in [0.29, 0.717) is 5.92 Å². The zero-order chi connectivity index (χ0) is 14.5. The van der Waals surface area contributed by atoms with Gasteiger partial charge in [0, 0.05) is 12.7 Å². The number of para-hydroxylation sites is 1. The molecule has 1 fully saturated rings. The zero-order valence-electron chi connectivity index (χ0n) is 12.3. The Kier molecular flexibility index (Phi) is 4.68. The van der Waals surface area contributed by atoms with Crippen molar-refractivity contribution in [3.8, 4) is 5.69 Å². The van der Waals surface area contributed by atoms with Gasteiger partial charge in [0.25, 0.3) is 0 Å². The molecule has 1 aromatic carbocycles. The van der Waals surface area contributed by atoms with Crippen LogP contribution in [0.3, 0.4) is 0 Å². The molecule has 1 aliphatic carbocycles. The first-order chi connectivity index (χ1) is 10.3. The number of aliphatic hydroxyl groups is 1. The molecule has 2 N–H and O–H groups in total. The van der Waals surface area contributed by atoms with Crippen LogP contribution >= 0.6 is 0 Å². The van der Waals surface area contributed by atoms with Gasteiger partial charge in [-0.2, -0.15) is 5.10 Å². The largest absolute Gasteiger partial charge is 0.393 e. The Morgan fingerprint density at radius 1 is 1.19 bits per heavy atom. The smallest absolute Gasteiger partial charge is 0.0766 e. The van der Waals surface area contributed by atoms with Crippen molar-refractivity contribution in [3.05, 3.63) is 48.3 Å². The third-order valence-electron chi connectivity index (χ3n) is 4.16. The summed E-state index contributed by atoms with van der Waals surface area (Å²) in [7, 11) is 0. The van der Waals surface area contributed by atoms with Gasteiger partial charge in [0.05, 0.1) is 17.5 Å². The molecule has 0 radical (unpaired) electrons. The predicted octanol–water partition coefficient (Wildman–Crippen LogP) is 2.51. The van der Waals surface area contributed by atoms with Crippen LogP contribution in [0.5, 0.6) is 0 Å². The van der Waals surface area contributed by atoms with E-state index in [-0.39, 0.29) is 6.10 Å². The van der Waals surface area contributed by atoms with E-state index in [0.717, 1.165) is 43.7 Å². The van der Waals surface area contributed by atoms with Gasteiger partial charge in [-0.25, -0.2) is 4.68 Å². The zero-order valence-corrected chi connectivity index (χ0v) is 12.3. The lowest BCUT2D eigenvalue weighted by atomic mass is 9.87. The van der Waals surface area contributed by atoms with Gasteiger partial charge in [-0.3, -0.25) is 0 Å². The van der Waals surface area contributed by atoms with Gasteiger partial charge in [0.2, 0.25) is 0 Å². The molecule has 21 heavy (non-hydrogen) atoms. The number of hydrogen-bond acceptors (Lipinski definition) is 3. The number of hydrogen-bond donors (Lipinski definition) is 2. The molecule has 1 heterocycles. The van der Waals surface area contributed by atoms with Crippen LogP contribution in [0.15, 0.2) is 42.6 Å². The highest BCUT2D eigenvalue weighted by molar-refractivity contribution is 5.30. The van der Waals surface area contributed by atoms with Gasteiger partial charge in [-0.15, -0.1) is 0 Å². The van der Waals surface area contributed by atoms with Gasteiger partial charge in [-0.1, -0.05) is 24.6 Å². The predicted molar refractivity (Wildman–Crippen MR) is 83.2 cm³/mol. The first-order valence-corrected chi connectivity index (χ1v) is 7.80. The summed E-state index contributed by atoms with van der Waals surface area (Å²) in [5, 5.41) is 17.7. The molecule has 4 heteroatoms. The van der Waals surface area contributed by atoms with Gasteiger partial charge >= 0.3 is 0 Å². The number of aliphatic hydroxyl groups excluding tert-OH is 1. The summed E-state index contributed by atoms with van der Waals surface area (Å²) in [6, 6.07) is 12.2. The molecule has 2 unspecified atom stereocenters. The summed E-state index contributed by atoms with van der Waals surface area (Å²) < 4.78 is 1.90. The van der Waals surface area contributed by atoms with Crippen LogP contribution in [-0.2, 0) is 6.54 Å². The fraction of sp³-hybridized carbons (Fsp3) is 0.471. The summed E-state index contributed by atoms with van der Waals surface area (Å²) >= 11 is 0. The lowest BCUT2D eigenvalue weighted by Crippen LogP contribution is -2.29. The molecule has 0 bridgehead atoms. The highest BCUT2D eigenvalue weighted by Crippen LogP contribution is 2.23. The normalized spacial score (nSPS) is 22.3. The molecule has 1 saturated carbocycles. The van der Waals surface area contributed by atoms with E-state index in [9.17, 15) is 5.11 Å². The van der Waals surface area contributed by atoms with Crippen LogP contribution in [0.4, 0.5) is 0 Å². The summed E-state index contributed by atoms with van der Waals surface area (Å²) in [6.07, 6.45) is 6.18. The molecule has 3 rings (SSSR count). The van der Waals surface area contributed by atoms with E-state index < -0.39 is 0 Å². The van der Waals surface area contributed by atoms with E-state index in [4.69, 9.17) is 0 Å². The maximum Gasteiger partial charge on any atom is 0.0766 e. The van der Waals surface area contributed by atoms with E-state index in [2.05, 4.69) is 16.5 Å². The highest BCUT2D eigenvalue weighted by Gasteiger charge is 2.19. The second-order valence-corrected chi connectivity index (χ2v) is 5.90. The topological polar surface area (TPSA) is 50.1 Å². The van der Waals surface area contributed by atoms with Crippen LogP contribution in [0.25, 0.3) is 5.69 Å². The quantitative estimate of drug-likeness (QED) is 0.887. The first-order valence-electron chi connectivity index (χ1n) is 7.80. The summed E-state index contributed by atoms with van der Waals surface area (Å²) in [5.74, 6) is 0.602. The van der Waals surface area contributed by atoms with Crippen molar-refractivity contribution in [3.63, 3.8) is 0 Å². The maximum atomic E-state index is 9.68. The summed E-state index contributed by atoms with van der Waals surface area (Å²) in [5.41, 5.74) is 2.13. The van der Waals surface area contributed by atoms with Crippen LogP contribution in [0.1, 0.15) is 31.4 Å². The Morgan fingerprint density at radius 3 is 2.86 bits per heavy atom.